The van der Waals surface area contributed by atoms with Crippen LogP contribution in [0.2, 0.25) is 0 Å². The second-order valence-corrected chi connectivity index (χ2v) is 3.45. The largest absolute Gasteiger partial charge is 0.380 e. The molecule has 76 valence electrons. The first-order valence-corrected chi connectivity index (χ1v) is 4.76. The lowest BCUT2D eigenvalue weighted by Gasteiger charge is -2.19. The number of amides is 1. The Hall–Kier alpha value is -0.610. The van der Waals surface area contributed by atoms with E-state index in [1.165, 1.54) is 0 Å². The zero-order valence-electron chi connectivity index (χ0n) is 8.32. The summed E-state index contributed by atoms with van der Waals surface area (Å²) < 4.78 is 5.17. The van der Waals surface area contributed by atoms with Gasteiger partial charge in [0.2, 0.25) is 5.91 Å². The summed E-state index contributed by atoms with van der Waals surface area (Å²) in [5.41, 5.74) is 5.65. The number of methoxy groups -OCH3 is 1. The summed E-state index contributed by atoms with van der Waals surface area (Å²) in [5, 5.41) is 0. The first kappa shape index (κ1) is 10.5. The van der Waals surface area contributed by atoms with E-state index in [2.05, 4.69) is 0 Å². The summed E-state index contributed by atoms with van der Waals surface area (Å²) in [6, 6.07) is -0.337. The van der Waals surface area contributed by atoms with Crippen LogP contribution in [-0.4, -0.2) is 43.2 Å². The first-order valence-electron chi connectivity index (χ1n) is 4.76. The lowest BCUT2D eigenvalue weighted by Crippen LogP contribution is -2.42. The van der Waals surface area contributed by atoms with Crippen molar-refractivity contribution in [3.05, 3.63) is 0 Å². The average Bonchev–Trinajstić information content (AvgIpc) is 2.63. The highest BCUT2D eigenvalue weighted by Gasteiger charge is 2.28. The van der Waals surface area contributed by atoms with Gasteiger partial charge in [0, 0.05) is 20.2 Å². The molecular formula is C9H18N2O2. The van der Waals surface area contributed by atoms with Crippen molar-refractivity contribution in [2.24, 2.45) is 5.73 Å². The van der Waals surface area contributed by atoms with Gasteiger partial charge in [-0.3, -0.25) is 4.79 Å². The Balaban J connectivity index is 2.41. The quantitative estimate of drug-likeness (QED) is 0.673. The van der Waals surface area contributed by atoms with Gasteiger partial charge >= 0.3 is 0 Å². The van der Waals surface area contributed by atoms with Gasteiger partial charge in [-0.25, -0.2) is 0 Å². The minimum Gasteiger partial charge on any atom is -0.380 e. The summed E-state index contributed by atoms with van der Waals surface area (Å²) in [7, 11) is 1.68. The molecule has 1 fully saturated rings. The van der Waals surface area contributed by atoms with Gasteiger partial charge in [-0.1, -0.05) is 6.92 Å². The van der Waals surface area contributed by atoms with Gasteiger partial charge in [0.1, 0.15) is 0 Å². The monoisotopic (exact) mass is 186 g/mol. The highest BCUT2D eigenvalue weighted by Crippen LogP contribution is 2.12. The minimum absolute atomic E-state index is 0.0575. The fourth-order valence-electron chi connectivity index (χ4n) is 1.53. The fraction of sp³-hybridized carbons (Fsp3) is 0.889. The average molecular weight is 186 g/mol. The van der Waals surface area contributed by atoms with E-state index in [1.807, 2.05) is 6.92 Å². The summed E-state index contributed by atoms with van der Waals surface area (Å²) in [6.45, 7) is 3.40. The van der Waals surface area contributed by atoms with Gasteiger partial charge in [0.25, 0.3) is 0 Å². The Morgan fingerprint density at radius 3 is 2.92 bits per heavy atom. The Bertz CT molecular complexity index is 184. The number of hydrogen-bond donors (Lipinski definition) is 1. The number of carbonyl (C=O) groups excluding carboxylic acids is 1. The smallest absolute Gasteiger partial charge is 0.239 e. The number of rotatable bonds is 3. The SMILES string of the molecule is CC[C@H](N)C(=O)N1CCC(OC)C1. The van der Waals surface area contributed by atoms with Gasteiger partial charge in [0.05, 0.1) is 12.1 Å². The van der Waals surface area contributed by atoms with E-state index < -0.39 is 0 Å². The summed E-state index contributed by atoms with van der Waals surface area (Å²) in [6.07, 6.45) is 1.83. The van der Waals surface area contributed by atoms with Crippen LogP contribution in [-0.2, 0) is 9.53 Å². The molecule has 0 spiro atoms. The molecule has 0 aromatic rings. The third kappa shape index (κ3) is 2.42. The molecule has 1 saturated heterocycles. The van der Waals surface area contributed by atoms with Crippen LogP contribution in [0.3, 0.4) is 0 Å². The number of carbonyl (C=O) groups is 1. The lowest BCUT2D eigenvalue weighted by atomic mass is 10.2. The molecule has 1 aliphatic heterocycles. The van der Waals surface area contributed by atoms with Crippen LogP contribution >= 0.6 is 0 Å². The fourth-order valence-corrected chi connectivity index (χ4v) is 1.53. The van der Waals surface area contributed by atoms with Crippen LogP contribution in [0.1, 0.15) is 19.8 Å². The molecule has 0 saturated carbocycles. The molecule has 0 aromatic carbocycles. The molecule has 2 N–H and O–H groups in total. The number of hydrogen-bond acceptors (Lipinski definition) is 3. The van der Waals surface area contributed by atoms with E-state index in [4.69, 9.17) is 10.5 Å². The van der Waals surface area contributed by atoms with Gasteiger partial charge in [-0.2, -0.15) is 0 Å². The van der Waals surface area contributed by atoms with E-state index in [0.29, 0.717) is 13.0 Å². The predicted octanol–water partition coefficient (Wildman–Crippen LogP) is -0.0290. The van der Waals surface area contributed by atoms with Crippen molar-refractivity contribution in [2.45, 2.75) is 31.9 Å². The van der Waals surface area contributed by atoms with E-state index in [0.717, 1.165) is 13.0 Å². The van der Waals surface area contributed by atoms with E-state index in [-0.39, 0.29) is 18.1 Å². The lowest BCUT2D eigenvalue weighted by molar-refractivity contribution is -0.132. The number of ether oxygens (including phenoxy) is 1. The third-order valence-corrected chi connectivity index (χ3v) is 2.55. The van der Waals surface area contributed by atoms with Crippen molar-refractivity contribution < 1.29 is 9.53 Å². The summed E-state index contributed by atoms with van der Waals surface area (Å²) in [5.74, 6) is 0.0575. The standard InChI is InChI=1S/C9H18N2O2/c1-3-8(10)9(12)11-5-4-7(6-11)13-2/h7-8H,3-6,10H2,1-2H3/t7?,8-/m0/s1. The number of nitrogens with zero attached hydrogens (tertiary/aromatic N) is 1. The van der Waals surface area contributed by atoms with E-state index >= 15 is 0 Å². The maximum Gasteiger partial charge on any atom is 0.239 e. The van der Waals surface area contributed by atoms with Crippen LogP contribution < -0.4 is 5.73 Å². The van der Waals surface area contributed by atoms with Gasteiger partial charge in [-0.05, 0) is 12.8 Å². The molecule has 0 aromatic heterocycles. The highest BCUT2D eigenvalue weighted by atomic mass is 16.5. The van der Waals surface area contributed by atoms with Crippen molar-refractivity contribution in [2.75, 3.05) is 20.2 Å². The second-order valence-electron chi connectivity index (χ2n) is 3.45. The van der Waals surface area contributed by atoms with Crippen LogP contribution in [0.4, 0.5) is 0 Å². The molecule has 2 atom stereocenters. The van der Waals surface area contributed by atoms with Crippen molar-refractivity contribution in [3.63, 3.8) is 0 Å². The van der Waals surface area contributed by atoms with Gasteiger partial charge in [-0.15, -0.1) is 0 Å². The zero-order chi connectivity index (χ0) is 9.84. The Labute approximate surface area is 79.0 Å². The molecule has 0 aliphatic carbocycles. The minimum atomic E-state index is -0.337. The predicted molar refractivity (Wildman–Crippen MR) is 50.3 cm³/mol. The molecule has 1 unspecified atom stereocenters. The van der Waals surface area contributed by atoms with Crippen LogP contribution in [0.5, 0.6) is 0 Å². The van der Waals surface area contributed by atoms with E-state index in [9.17, 15) is 4.79 Å². The maximum atomic E-state index is 11.6. The Kier molecular flexibility index (Phi) is 3.69. The number of likely N-dealkylation sites (tertiary alicyclic amines) is 1. The molecule has 1 aliphatic rings. The Morgan fingerprint density at radius 2 is 2.46 bits per heavy atom. The molecule has 0 radical (unpaired) electrons. The normalized spacial score (nSPS) is 24.8. The zero-order valence-corrected chi connectivity index (χ0v) is 8.32. The van der Waals surface area contributed by atoms with Crippen LogP contribution in [0.15, 0.2) is 0 Å². The van der Waals surface area contributed by atoms with Crippen molar-refractivity contribution >= 4 is 5.91 Å². The molecule has 0 bridgehead atoms. The Morgan fingerprint density at radius 1 is 1.77 bits per heavy atom. The molecule has 1 heterocycles. The maximum absolute atomic E-state index is 11.6. The topological polar surface area (TPSA) is 55.6 Å². The van der Waals surface area contributed by atoms with Crippen LogP contribution in [0.25, 0.3) is 0 Å². The summed E-state index contributed by atoms with van der Waals surface area (Å²) in [4.78, 5) is 13.4. The number of nitrogens with two attached hydrogens (primary N) is 1. The molecule has 13 heavy (non-hydrogen) atoms. The highest BCUT2D eigenvalue weighted by molar-refractivity contribution is 5.81. The molecule has 1 rings (SSSR count). The molecular weight excluding hydrogens is 168 g/mol. The van der Waals surface area contributed by atoms with Crippen LogP contribution in [0, 0.1) is 0 Å². The molecule has 4 nitrogen and oxygen atoms in total. The van der Waals surface area contributed by atoms with Crippen molar-refractivity contribution in [3.8, 4) is 0 Å². The van der Waals surface area contributed by atoms with Crippen molar-refractivity contribution in [1.29, 1.82) is 0 Å². The summed E-state index contributed by atoms with van der Waals surface area (Å²) >= 11 is 0. The first-order chi connectivity index (χ1) is 6.19. The molecule has 1 amide bonds. The van der Waals surface area contributed by atoms with Gasteiger partial charge < -0.3 is 15.4 Å². The van der Waals surface area contributed by atoms with Crippen molar-refractivity contribution in [1.82, 2.24) is 4.90 Å². The van der Waals surface area contributed by atoms with Gasteiger partial charge in [0.15, 0.2) is 0 Å². The third-order valence-electron chi connectivity index (χ3n) is 2.55. The molecule has 4 heteroatoms. The second kappa shape index (κ2) is 4.58. The van der Waals surface area contributed by atoms with E-state index in [1.54, 1.807) is 12.0 Å².